The molecule has 1 aromatic heterocycles. The van der Waals surface area contributed by atoms with E-state index >= 15 is 0 Å². The molecular formula is C12H14N2O2. The van der Waals surface area contributed by atoms with E-state index in [-0.39, 0.29) is 6.61 Å². The van der Waals surface area contributed by atoms with Crippen molar-refractivity contribution < 1.29 is 9.84 Å². The third-order valence-electron chi connectivity index (χ3n) is 2.52. The highest BCUT2D eigenvalue weighted by Gasteiger charge is 2.10. The third kappa shape index (κ3) is 1.79. The van der Waals surface area contributed by atoms with Crippen LogP contribution in [0.1, 0.15) is 5.69 Å². The molecule has 0 aliphatic rings. The van der Waals surface area contributed by atoms with Gasteiger partial charge in [-0.05, 0) is 18.2 Å². The smallest absolute Gasteiger partial charge is 0.128 e. The highest BCUT2D eigenvalue weighted by atomic mass is 16.5. The molecule has 0 spiro atoms. The van der Waals surface area contributed by atoms with Gasteiger partial charge in [-0.2, -0.15) is 5.10 Å². The quantitative estimate of drug-likeness (QED) is 0.851. The molecule has 0 bridgehead atoms. The molecule has 0 radical (unpaired) electrons. The van der Waals surface area contributed by atoms with Gasteiger partial charge in [0.05, 0.1) is 25.1 Å². The number of aliphatic hydroxyl groups excluding tert-OH is 1. The van der Waals surface area contributed by atoms with Gasteiger partial charge in [-0.25, -0.2) is 0 Å². The maximum atomic E-state index is 9.11. The number of rotatable bonds is 3. The topological polar surface area (TPSA) is 47.3 Å². The van der Waals surface area contributed by atoms with E-state index in [4.69, 9.17) is 9.84 Å². The number of benzene rings is 1. The Morgan fingerprint density at radius 2 is 2.12 bits per heavy atom. The Morgan fingerprint density at radius 1 is 1.38 bits per heavy atom. The Labute approximate surface area is 94.1 Å². The van der Waals surface area contributed by atoms with Gasteiger partial charge in [-0.1, -0.05) is 12.1 Å². The van der Waals surface area contributed by atoms with E-state index in [2.05, 4.69) is 5.10 Å². The number of methoxy groups -OCH3 is 1. The molecule has 4 nitrogen and oxygen atoms in total. The van der Waals surface area contributed by atoms with Gasteiger partial charge in [0.15, 0.2) is 0 Å². The summed E-state index contributed by atoms with van der Waals surface area (Å²) in [6.45, 7) is -0.0152. The van der Waals surface area contributed by atoms with Crippen molar-refractivity contribution in [1.29, 1.82) is 0 Å². The number of hydrogen-bond acceptors (Lipinski definition) is 3. The van der Waals surface area contributed by atoms with Gasteiger partial charge in [-0.3, -0.25) is 4.68 Å². The molecule has 2 rings (SSSR count). The standard InChI is InChI=1S/C12H14N2O2/c1-14-9(8-15)7-11(13-14)10-5-3-4-6-12(10)16-2/h3-7,15H,8H2,1-2H3. The summed E-state index contributed by atoms with van der Waals surface area (Å²) < 4.78 is 6.94. The zero-order valence-corrected chi connectivity index (χ0v) is 9.34. The van der Waals surface area contributed by atoms with E-state index in [0.717, 1.165) is 22.7 Å². The molecule has 84 valence electrons. The third-order valence-corrected chi connectivity index (χ3v) is 2.52. The molecule has 0 unspecified atom stereocenters. The molecule has 0 atom stereocenters. The number of aliphatic hydroxyl groups is 1. The van der Waals surface area contributed by atoms with E-state index in [9.17, 15) is 0 Å². The SMILES string of the molecule is COc1ccccc1-c1cc(CO)n(C)n1. The summed E-state index contributed by atoms with van der Waals surface area (Å²) in [5.74, 6) is 0.782. The molecule has 2 aromatic rings. The van der Waals surface area contributed by atoms with Gasteiger partial charge in [-0.15, -0.1) is 0 Å². The second-order valence-corrected chi connectivity index (χ2v) is 3.50. The molecular weight excluding hydrogens is 204 g/mol. The number of aryl methyl sites for hydroxylation is 1. The number of para-hydroxylation sites is 1. The Bertz CT molecular complexity index is 492. The molecule has 0 aliphatic heterocycles. The minimum absolute atomic E-state index is 0.0152. The van der Waals surface area contributed by atoms with E-state index in [1.54, 1.807) is 11.8 Å². The maximum Gasteiger partial charge on any atom is 0.128 e. The van der Waals surface area contributed by atoms with Crippen LogP contribution in [0.2, 0.25) is 0 Å². The molecule has 0 aliphatic carbocycles. The van der Waals surface area contributed by atoms with Gasteiger partial charge in [0.25, 0.3) is 0 Å². The van der Waals surface area contributed by atoms with Crippen molar-refractivity contribution in [1.82, 2.24) is 9.78 Å². The van der Waals surface area contributed by atoms with Gasteiger partial charge >= 0.3 is 0 Å². The summed E-state index contributed by atoms with van der Waals surface area (Å²) in [4.78, 5) is 0. The predicted molar refractivity (Wildman–Crippen MR) is 61.1 cm³/mol. The molecule has 1 N–H and O–H groups in total. The van der Waals surface area contributed by atoms with Crippen LogP contribution >= 0.6 is 0 Å². The molecule has 4 heteroatoms. The Balaban J connectivity index is 2.49. The van der Waals surface area contributed by atoms with Crippen LogP contribution in [0.15, 0.2) is 30.3 Å². The number of ether oxygens (including phenoxy) is 1. The number of aromatic nitrogens is 2. The highest BCUT2D eigenvalue weighted by Crippen LogP contribution is 2.28. The largest absolute Gasteiger partial charge is 0.496 e. The fraction of sp³-hybridized carbons (Fsp3) is 0.250. The lowest BCUT2D eigenvalue weighted by atomic mass is 10.1. The van der Waals surface area contributed by atoms with Crippen molar-refractivity contribution in [2.24, 2.45) is 7.05 Å². The Kier molecular flexibility index (Phi) is 2.92. The second kappa shape index (κ2) is 4.37. The van der Waals surface area contributed by atoms with Crippen LogP contribution in [-0.2, 0) is 13.7 Å². The normalized spacial score (nSPS) is 10.4. The highest BCUT2D eigenvalue weighted by molar-refractivity contribution is 5.67. The van der Waals surface area contributed by atoms with Crippen molar-refractivity contribution in [3.63, 3.8) is 0 Å². The van der Waals surface area contributed by atoms with Crippen molar-refractivity contribution in [3.05, 3.63) is 36.0 Å². The van der Waals surface area contributed by atoms with Crippen LogP contribution in [-0.4, -0.2) is 22.0 Å². The fourth-order valence-corrected chi connectivity index (χ4v) is 1.64. The zero-order valence-electron chi connectivity index (χ0n) is 9.34. The number of hydrogen-bond donors (Lipinski definition) is 1. The lowest BCUT2D eigenvalue weighted by Gasteiger charge is -2.04. The Hall–Kier alpha value is -1.81. The average molecular weight is 218 g/mol. The molecule has 0 fully saturated rings. The summed E-state index contributed by atoms with van der Waals surface area (Å²) in [5.41, 5.74) is 2.52. The van der Waals surface area contributed by atoms with Crippen LogP contribution in [0.25, 0.3) is 11.3 Å². The second-order valence-electron chi connectivity index (χ2n) is 3.50. The van der Waals surface area contributed by atoms with E-state index in [1.165, 1.54) is 0 Å². The first-order valence-electron chi connectivity index (χ1n) is 5.03. The summed E-state index contributed by atoms with van der Waals surface area (Å²) >= 11 is 0. The first-order valence-corrected chi connectivity index (χ1v) is 5.03. The van der Waals surface area contributed by atoms with Crippen LogP contribution in [0.3, 0.4) is 0 Å². The van der Waals surface area contributed by atoms with Crippen molar-refractivity contribution in [2.75, 3.05) is 7.11 Å². The van der Waals surface area contributed by atoms with E-state index in [0.29, 0.717) is 0 Å². The van der Waals surface area contributed by atoms with Gasteiger partial charge < -0.3 is 9.84 Å². The molecule has 0 saturated heterocycles. The van der Waals surface area contributed by atoms with Crippen LogP contribution in [0.5, 0.6) is 5.75 Å². The average Bonchev–Trinajstić information content (AvgIpc) is 2.70. The first kappa shape index (κ1) is 10.7. The van der Waals surface area contributed by atoms with E-state index < -0.39 is 0 Å². The minimum atomic E-state index is -0.0152. The molecule has 0 amide bonds. The molecule has 1 heterocycles. The summed E-state index contributed by atoms with van der Waals surface area (Å²) in [7, 11) is 3.44. The monoisotopic (exact) mass is 218 g/mol. The minimum Gasteiger partial charge on any atom is -0.496 e. The zero-order chi connectivity index (χ0) is 11.5. The Morgan fingerprint density at radius 3 is 2.75 bits per heavy atom. The van der Waals surface area contributed by atoms with Crippen LogP contribution in [0.4, 0.5) is 0 Å². The molecule has 0 saturated carbocycles. The van der Waals surface area contributed by atoms with Crippen LogP contribution < -0.4 is 4.74 Å². The van der Waals surface area contributed by atoms with E-state index in [1.807, 2.05) is 37.4 Å². The summed E-state index contributed by atoms with van der Waals surface area (Å²) in [5, 5.41) is 13.5. The van der Waals surface area contributed by atoms with Crippen molar-refractivity contribution >= 4 is 0 Å². The van der Waals surface area contributed by atoms with Gasteiger partial charge in [0.1, 0.15) is 5.75 Å². The summed E-state index contributed by atoms with van der Waals surface area (Å²) in [6, 6.07) is 9.55. The van der Waals surface area contributed by atoms with Crippen molar-refractivity contribution in [3.8, 4) is 17.0 Å². The lowest BCUT2D eigenvalue weighted by Crippen LogP contribution is -1.97. The maximum absolute atomic E-state index is 9.11. The summed E-state index contributed by atoms with van der Waals surface area (Å²) in [6.07, 6.45) is 0. The van der Waals surface area contributed by atoms with Crippen LogP contribution in [0, 0.1) is 0 Å². The van der Waals surface area contributed by atoms with Crippen molar-refractivity contribution in [2.45, 2.75) is 6.61 Å². The lowest BCUT2D eigenvalue weighted by molar-refractivity contribution is 0.270. The van der Waals surface area contributed by atoms with Gasteiger partial charge in [0, 0.05) is 12.6 Å². The number of nitrogens with zero attached hydrogens (tertiary/aromatic N) is 2. The fourth-order valence-electron chi connectivity index (χ4n) is 1.64. The molecule has 16 heavy (non-hydrogen) atoms. The molecule has 1 aromatic carbocycles. The predicted octanol–water partition coefficient (Wildman–Crippen LogP) is 1.59. The first-order chi connectivity index (χ1) is 7.76. The van der Waals surface area contributed by atoms with Gasteiger partial charge in [0.2, 0.25) is 0 Å².